The third kappa shape index (κ3) is 3.72. The van der Waals surface area contributed by atoms with Crippen LogP contribution in [0.3, 0.4) is 0 Å². The van der Waals surface area contributed by atoms with E-state index in [0.29, 0.717) is 0 Å². The average molecular weight is 436 g/mol. The quantitative estimate of drug-likeness (QED) is 0.755. The highest BCUT2D eigenvalue weighted by molar-refractivity contribution is 9.10. The maximum Gasteiger partial charge on any atom is 0.356 e. The Bertz CT molecular complexity index is 893. The Morgan fingerprint density at radius 3 is 2.52 bits per heavy atom. The van der Waals surface area contributed by atoms with E-state index in [2.05, 4.69) is 26.2 Å². The van der Waals surface area contributed by atoms with Gasteiger partial charge in [-0.3, -0.25) is 4.79 Å². The molecule has 10 heteroatoms. The van der Waals surface area contributed by atoms with Crippen LogP contribution in [0.5, 0.6) is 5.75 Å². The van der Waals surface area contributed by atoms with Crippen molar-refractivity contribution < 1.29 is 28.2 Å². The summed E-state index contributed by atoms with van der Waals surface area (Å²) in [5.41, 5.74) is -1.79. The Hall–Kier alpha value is -2.26. The first-order chi connectivity index (χ1) is 11.7. The summed E-state index contributed by atoms with van der Waals surface area (Å²) in [6.45, 7) is 1.17. The van der Waals surface area contributed by atoms with Gasteiger partial charge in [-0.1, -0.05) is 11.6 Å². The number of hydrogen-bond donors (Lipinski definition) is 2. The van der Waals surface area contributed by atoms with Gasteiger partial charge in [-0.2, -0.15) is 0 Å². The lowest BCUT2D eigenvalue weighted by Crippen LogP contribution is -2.11. The fraction of sp³-hybridized carbons (Fsp3) is 0.133. The lowest BCUT2D eigenvalue weighted by Gasteiger charge is -2.14. The van der Waals surface area contributed by atoms with Crippen LogP contribution in [-0.4, -0.2) is 29.1 Å². The normalized spacial score (nSPS) is 10.5. The summed E-state index contributed by atoms with van der Waals surface area (Å²) in [6.07, 6.45) is 0. The number of amides is 1. The molecule has 0 radical (unpaired) electrons. The number of ether oxygens (including phenoxy) is 1. The van der Waals surface area contributed by atoms with Crippen LogP contribution < -0.4 is 10.1 Å². The fourth-order valence-electron chi connectivity index (χ4n) is 2.07. The Kier molecular flexibility index (Phi) is 5.58. The minimum atomic E-state index is -1.52. The number of nitrogens with zero attached hydrogens (tertiary/aromatic N) is 1. The number of carbonyl (C=O) groups excluding carboxylic acids is 1. The van der Waals surface area contributed by atoms with Crippen LogP contribution in [0.25, 0.3) is 11.3 Å². The summed E-state index contributed by atoms with van der Waals surface area (Å²) in [5.74, 6) is -4.46. The molecule has 0 spiro atoms. The molecule has 6 nitrogen and oxygen atoms in total. The molecule has 0 aliphatic rings. The van der Waals surface area contributed by atoms with Crippen LogP contribution in [-0.2, 0) is 4.79 Å². The van der Waals surface area contributed by atoms with E-state index >= 15 is 0 Å². The fourth-order valence-corrected chi connectivity index (χ4v) is 2.84. The number of methoxy groups -OCH3 is 1. The largest absolute Gasteiger partial charge is 0.492 e. The predicted molar refractivity (Wildman–Crippen MR) is 90.1 cm³/mol. The summed E-state index contributed by atoms with van der Waals surface area (Å²) in [6, 6.07) is 2.02. The molecule has 0 aliphatic carbocycles. The second-order valence-electron chi connectivity index (χ2n) is 4.77. The highest BCUT2D eigenvalue weighted by atomic mass is 79.9. The van der Waals surface area contributed by atoms with E-state index in [1.54, 1.807) is 0 Å². The third-order valence-electron chi connectivity index (χ3n) is 3.06. The standard InChI is InChI=1S/C15H10BrClF2N2O4/c1-5(22)20-9-4-8(21-13(11(9)17)15(23)24)10-7(18)3-6(16)14(25-2)12(10)19/h3-4H,1-2H3,(H,23,24)(H,20,21,22). The Balaban J connectivity index is 2.82. The molecule has 1 heterocycles. The zero-order valence-corrected chi connectivity index (χ0v) is 15.1. The minimum absolute atomic E-state index is 0.0308. The van der Waals surface area contributed by atoms with E-state index in [9.17, 15) is 23.5 Å². The van der Waals surface area contributed by atoms with Gasteiger partial charge in [0, 0.05) is 6.92 Å². The number of carbonyl (C=O) groups is 2. The molecule has 0 unspecified atom stereocenters. The molecule has 0 atom stereocenters. The van der Waals surface area contributed by atoms with Gasteiger partial charge < -0.3 is 15.2 Å². The Morgan fingerprint density at radius 1 is 1.36 bits per heavy atom. The van der Waals surface area contributed by atoms with Crippen molar-refractivity contribution in [2.45, 2.75) is 6.92 Å². The van der Waals surface area contributed by atoms with E-state index in [-0.39, 0.29) is 26.6 Å². The van der Waals surface area contributed by atoms with Crippen molar-refractivity contribution in [3.63, 3.8) is 0 Å². The van der Waals surface area contributed by atoms with Gasteiger partial charge in [-0.05, 0) is 28.1 Å². The van der Waals surface area contributed by atoms with Crippen molar-refractivity contribution >= 4 is 45.1 Å². The number of rotatable bonds is 4. The van der Waals surface area contributed by atoms with Gasteiger partial charge in [-0.15, -0.1) is 0 Å². The molecule has 0 saturated carbocycles. The van der Waals surface area contributed by atoms with Gasteiger partial charge in [0.2, 0.25) is 5.91 Å². The van der Waals surface area contributed by atoms with Crippen molar-refractivity contribution in [1.82, 2.24) is 4.98 Å². The molecule has 2 N–H and O–H groups in total. The van der Waals surface area contributed by atoms with E-state index in [1.807, 2.05) is 0 Å². The smallest absolute Gasteiger partial charge is 0.356 e. The van der Waals surface area contributed by atoms with Crippen LogP contribution >= 0.6 is 27.5 Å². The van der Waals surface area contributed by atoms with E-state index in [0.717, 1.165) is 12.1 Å². The average Bonchev–Trinajstić information content (AvgIpc) is 2.49. The van der Waals surface area contributed by atoms with E-state index in [1.165, 1.54) is 14.0 Å². The van der Waals surface area contributed by atoms with Crippen molar-refractivity contribution in [3.8, 4) is 17.0 Å². The van der Waals surface area contributed by atoms with Gasteiger partial charge in [-0.25, -0.2) is 18.6 Å². The maximum atomic E-state index is 14.6. The molecule has 132 valence electrons. The van der Waals surface area contributed by atoms with Crippen LogP contribution in [0.15, 0.2) is 16.6 Å². The van der Waals surface area contributed by atoms with Crippen LogP contribution in [0.2, 0.25) is 5.02 Å². The summed E-state index contributed by atoms with van der Waals surface area (Å²) < 4.78 is 33.8. The van der Waals surface area contributed by atoms with Gasteiger partial charge in [0.25, 0.3) is 0 Å². The Labute approximate surface area is 153 Å². The first-order valence-corrected chi connectivity index (χ1v) is 7.77. The van der Waals surface area contributed by atoms with Crippen molar-refractivity contribution in [3.05, 3.63) is 39.0 Å². The summed E-state index contributed by atoms with van der Waals surface area (Å²) in [7, 11) is 1.19. The second kappa shape index (κ2) is 7.32. The van der Waals surface area contributed by atoms with Gasteiger partial charge >= 0.3 is 5.97 Å². The molecule has 0 saturated heterocycles. The van der Waals surface area contributed by atoms with E-state index < -0.39 is 34.8 Å². The zero-order chi connectivity index (χ0) is 18.9. The molecular formula is C15H10BrClF2N2O4. The summed E-state index contributed by atoms with van der Waals surface area (Å²) in [4.78, 5) is 26.3. The molecule has 1 aromatic heterocycles. The molecule has 25 heavy (non-hydrogen) atoms. The zero-order valence-electron chi connectivity index (χ0n) is 12.8. The lowest BCUT2D eigenvalue weighted by atomic mass is 10.1. The molecule has 0 bridgehead atoms. The van der Waals surface area contributed by atoms with E-state index in [4.69, 9.17) is 16.3 Å². The number of carboxylic acids is 1. The molecule has 1 amide bonds. The van der Waals surface area contributed by atoms with Crippen molar-refractivity contribution in [2.75, 3.05) is 12.4 Å². The van der Waals surface area contributed by atoms with Gasteiger partial charge in [0.15, 0.2) is 17.3 Å². The molecule has 0 aliphatic heterocycles. The SMILES string of the molecule is COc1c(Br)cc(F)c(-c2cc(NC(C)=O)c(Cl)c(C(=O)O)n2)c1F. The number of carboxylic acid groups (broad SMARTS) is 1. The Morgan fingerprint density at radius 2 is 2.00 bits per heavy atom. The van der Waals surface area contributed by atoms with Crippen molar-refractivity contribution in [1.29, 1.82) is 0 Å². The lowest BCUT2D eigenvalue weighted by molar-refractivity contribution is -0.114. The first-order valence-electron chi connectivity index (χ1n) is 6.60. The molecular weight excluding hydrogens is 426 g/mol. The van der Waals surface area contributed by atoms with Crippen LogP contribution in [0, 0.1) is 11.6 Å². The number of aromatic carboxylic acids is 1. The predicted octanol–water partition coefficient (Wildman–Crippen LogP) is 4.11. The number of halogens is 4. The number of hydrogen-bond acceptors (Lipinski definition) is 4. The molecule has 0 fully saturated rings. The monoisotopic (exact) mass is 434 g/mol. The summed E-state index contributed by atoms with van der Waals surface area (Å²) >= 11 is 8.86. The third-order valence-corrected chi connectivity index (χ3v) is 4.03. The topological polar surface area (TPSA) is 88.5 Å². The second-order valence-corrected chi connectivity index (χ2v) is 6.00. The summed E-state index contributed by atoms with van der Waals surface area (Å²) in [5, 5.41) is 11.1. The van der Waals surface area contributed by atoms with Gasteiger partial charge in [0.1, 0.15) is 5.82 Å². The number of anilines is 1. The molecule has 2 rings (SSSR count). The minimum Gasteiger partial charge on any atom is -0.492 e. The van der Waals surface area contributed by atoms with Crippen LogP contribution in [0.1, 0.15) is 17.4 Å². The number of pyridine rings is 1. The van der Waals surface area contributed by atoms with Crippen LogP contribution in [0.4, 0.5) is 14.5 Å². The van der Waals surface area contributed by atoms with Gasteiger partial charge in [0.05, 0.1) is 33.5 Å². The highest BCUT2D eigenvalue weighted by Gasteiger charge is 2.24. The number of benzene rings is 1. The first kappa shape index (κ1) is 19.1. The molecule has 1 aromatic carbocycles. The number of nitrogens with one attached hydrogen (secondary N) is 1. The maximum absolute atomic E-state index is 14.6. The molecule has 2 aromatic rings. The highest BCUT2D eigenvalue weighted by Crippen LogP contribution is 2.39. The van der Waals surface area contributed by atoms with Crippen molar-refractivity contribution in [2.24, 2.45) is 0 Å². The number of aromatic nitrogens is 1.